The van der Waals surface area contributed by atoms with Gasteiger partial charge in [-0.2, -0.15) is 0 Å². The van der Waals surface area contributed by atoms with Crippen LogP contribution >= 0.6 is 0 Å². The average Bonchev–Trinajstić information content (AvgIpc) is 2.81. The molecule has 3 aromatic rings. The second-order valence-corrected chi connectivity index (χ2v) is 8.57. The SMILES string of the molecule is COc1cc2nc(N3CCc4c(ncnc4N4CC(C)OC(C)C4)C3)[nH]c(=O)c2cc1OC. The number of nitrogens with one attached hydrogen (secondary N) is 1. The van der Waals surface area contributed by atoms with E-state index in [1.165, 1.54) is 0 Å². The van der Waals surface area contributed by atoms with Crippen molar-refractivity contribution < 1.29 is 14.2 Å². The van der Waals surface area contributed by atoms with Crippen LogP contribution in [0.3, 0.4) is 0 Å². The van der Waals surface area contributed by atoms with E-state index in [-0.39, 0.29) is 17.8 Å². The van der Waals surface area contributed by atoms with Gasteiger partial charge < -0.3 is 24.0 Å². The van der Waals surface area contributed by atoms with Gasteiger partial charge in [0.1, 0.15) is 12.1 Å². The third-order valence-corrected chi connectivity index (χ3v) is 6.20. The monoisotopic (exact) mass is 452 g/mol. The van der Waals surface area contributed by atoms with Crippen molar-refractivity contribution in [1.29, 1.82) is 0 Å². The highest BCUT2D eigenvalue weighted by molar-refractivity contribution is 5.82. The van der Waals surface area contributed by atoms with Crippen molar-refractivity contribution in [2.24, 2.45) is 0 Å². The average molecular weight is 453 g/mol. The van der Waals surface area contributed by atoms with Crippen molar-refractivity contribution in [1.82, 2.24) is 19.9 Å². The minimum Gasteiger partial charge on any atom is -0.493 e. The number of aromatic nitrogens is 4. The lowest BCUT2D eigenvalue weighted by Gasteiger charge is -2.38. The number of ether oxygens (including phenoxy) is 3. The van der Waals surface area contributed by atoms with Crippen LogP contribution in [0.25, 0.3) is 10.9 Å². The second kappa shape index (κ2) is 8.51. The molecule has 5 rings (SSSR count). The van der Waals surface area contributed by atoms with Crippen molar-refractivity contribution >= 4 is 22.7 Å². The lowest BCUT2D eigenvalue weighted by Crippen LogP contribution is -2.46. The third kappa shape index (κ3) is 3.95. The first kappa shape index (κ1) is 21.4. The number of fused-ring (bicyclic) bond motifs is 2. The van der Waals surface area contributed by atoms with Gasteiger partial charge in [0.05, 0.1) is 49.6 Å². The van der Waals surface area contributed by atoms with Crippen molar-refractivity contribution in [3.05, 3.63) is 40.1 Å². The van der Waals surface area contributed by atoms with Gasteiger partial charge in [0, 0.05) is 31.3 Å². The molecule has 33 heavy (non-hydrogen) atoms. The minimum absolute atomic E-state index is 0.155. The van der Waals surface area contributed by atoms with Crippen LogP contribution in [0.5, 0.6) is 11.5 Å². The number of methoxy groups -OCH3 is 2. The van der Waals surface area contributed by atoms with Crippen LogP contribution in [-0.4, -0.2) is 66.0 Å². The molecular weight excluding hydrogens is 424 g/mol. The quantitative estimate of drug-likeness (QED) is 0.635. The van der Waals surface area contributed by atoms with Gasteiger partial charge >= 0.3 is 0 Å². The molecule has 0 saturated carbocycles. The van der Waals surface area contributed by atoms with Gasteiger partial charge in [-0.1, -0.05) is 0 Å². The molecule has 1 aromatic carbocycles. The van der Waals surface area contributed by atoms with E-state index >= 15 is 0 Å². The van der Waals surface area contributed by atoms with E-state index in [4.69, 9.17) is 19.2 Å². The highest BCUT2D eigenvalue weighted by atomic mass is 16.5. The number of morpholine rings is 1. The number of benzene rings is 1. The lowest BCUT2D eigenvalue weighted by molar-refractivity contribution is -0.00552. The highest BCUT2D eigenvalue weighted by Crippen LogP contribution is 2.32. The first-order chi connectivity index (χ1) is 16.0. The predicted molar refractivity (Wildman–Crippen MR) is 124 cm³/mol. The molecule has 174 valence electrons. The number of hydrogen-bond acceptors (Lipinski definition) is 9. The van der Waals surface area contributed by atoms with Gasteiger partial charge in [0.15, 0.2) is 11.5 Å². The minimum atomic E-state index is -0.221. The van der Waals surface area contributed by atoms with Crippen LogP contribution in [0.4, 0.5) is 11.8 Å². The zero-order valence-electron chi connectivity index (χ0n) is 19.3. The topological polar surface area (TPSA) is 106 Å². The van der Waals surface area contributed by atoms with E-state index in [0.29, 0.717) is 41.4 Å². The normalized spacial score (nSPS) is 20.6. The largest absolute Gasteiger partial charge is 0.493 e. The van der Waals surface area contributed by atoms with Gasteiger partial charge in [-0.25, -0.2) is 15.0 Å². The summed E-state index contributed by atoms with van der Waals surface area (Å²) in [5, 5.41) is 0.453. The molecule has 4 heterocycles. The summed E-state index contributed by atoms with van der Waals surface area (Å²) in [5.41, 5.74) is 2.44. The van der Waals surface area contributed by atoms with Gasteiger partial charge in [0.2, 0.25) is 5.95 Å². The van der Waals surface area contributed by atoms with Crippen LogP contribution in [0, 0.1) is 0 Å². The Morgan fingerprint density at radius 1 is 1.06 bits per heavy atom. The Morgan fingerprint density at radius 2 is 1.79 bits per heavy atom. The van der Waals surface area contributed by atoms with Crippen molar-refractivity contribution in [3.63, 3.8) is 0 Å². The van der Waals surface area contributed by atoms with Crippen LogP contribution in [0.1, 0.15) is 25.1 Å². The Labute approximate surface area is 191 Å². The Bertz CT molecular complexity index is 1240. The van der Waals surface area contributed by atoms with Crippen molar-refractivity contribution in [2.45, 2.75) is 39.0 Å². The highest BCUT2D eigenvalue weighted by Gasteiger charge is 2.29. The summed E-state index contributed by atoms with van der Waals surface area (Å²) >= 11 is 0. The number of aromatic amines is 1. The smallest absolute Gasteiger partial charge is 0.260 e. The summed E-state index contributed by atoms with van der Waals surface area (Å²) in [6.07, 6.45) is 2.69. The molecule has 0 amide bonds. The molecule has 0 spiro atoms. The molecule has 10 nitrogen and oxygen atoms in total. The fourth-order valence-corrected chi connectivity index (χ4v) is 4.74. The lowest BCUT2D eigenvalue weighted by atomic mass is 10.0. The number of hydrogen-bond donors (Lipinski definition) is 1. The number of anilines is 2. The van der Waals surface area contributed by atoms with Crippen molar-refractivity contribution in [3.8, 4) is 11.5 Å². The van der Waals surface area contributed by atoms with E-state index in [9.17, 15) is 4.79 Å². The molecule has 0 aliphatic carbocycles. The molecule has 0 radical (unpaired) electrons. The number of H-pyrrole nitrogens is 1. The molecule has 1 N–H and O–H groups in total. The van der Waals surface area contributed by atoms with Gasteiger partial charge in [-0.15, -0.1) is 0 Å². The summed E-state index contributed by atoms with van der Waals surface area (Å²) in [6.45, 7) is 7.03. The Hall–Kier alpha value is -3.40. The zero-order chi connectivity index (χ0) is 23.1. The van der Waals surface area contributed by atoms with Crippen LogP contribution < -0.4 is 24.8 Å². The third-order valence-electron chi connectivity index (χ3n) is 6.20. The molecule has 0 bridgehead atoms. The maximum Gasteiger partial charge on any atom is 0.260 e. The first-order valence-corrected chi connectivity index (χ1v) is 11.1. The molecule has 1 saturated heterocycles. The standard InChI is InChI=1S/C23H28N6O4/c1-13-9-29(10-14(2)33-13)21-15-5-6-28(11-18(15)24-12-25-21)23-26-17-8-20(32-4)19(31-3)7-16(17)22(30)27-23/h7-8,12-14H,5-6,9-11H2,1-4H3,(H,26,27,30). The van der Waals surface area contributed by atoms with Crippen LogP contribution in [0.2, 0.25) is 0 Å². The maximum atomic E-state index is 12.8. The van der Waals surface area contributed by atoms with E-state index in [1.54, 1.807) is 32.7 Å². The van der Waals surface area contributed by atoms with Crippen molar-refractivity contribution in [2.75, 3.05) is 43.7 Å². The summed E-state index contributed by atoms with van der Waals surface area (Å²) in [6, 6.07) is 3.38. The first-order valence-electron chi connectivity index (χ1n) is 11.1. The molecule has 10 heteroatoms. The van der Waals surface area contributed by atoms with Crippen LogP contribution in [-0.2, 0) is 17.7 Å². The van der Waals surface area contributed by atoms with Gasteiger partial charge in [-0.05, 0) is 26.3 Å². The molecule has 2 aliphatic rings. The molecule has 2 aromatic heterocycles. The Kier molecular flexibility index (Phi) is 5.53. The Balaban J connectivity index is 1.46. The molecule has 2 unspecified atom stereocenters. The predicted octanol–water partition coefficient (Wildman–Crippen LogP) is 1.91. The van der Waals surface area contributed by atoms with E-state index in [0.717, 1.165) is 36.6 Å². The van der Waals surface area contributed by atoms with E-state index in [2.05, 4.69) is 33.7 Å². The molecule has 2 aliphatic heterocycles. The fraction of sp³-hybridized carbons (Fsp3) is 0.478. The van der Waals surface area contributed by atoms with E-state index < -0.39 is 0 Å². The summed E-state index contributed by atoms with van der Waals surface area (Å²) in [5.74, 6) is 2.52. The molecule has 2 atom stereocenters. The Morgan fingerprint density at radius 3 is 2.52 bits per heavy atom. The summed E-state index contributed by atoms with van der Waals surface area (Å²) in [4.78, 5) is 34.0. The molecular formula is C23H28N6O4. The van der Waals surface area contributed by atoms with E-state index in [1.807, 2.05) is 4.90 Å². The van der Waals surface area contributed by atoms with Crippen LogP contribution in [0.15, 0.2) is 23.3 Å². The summed E-state index contributed by atoms with van der Waals surface area (Å²) < 4.78 is 16.6. The summed E-state index contributed by atoms with van der Waals surface area (Å²) in [7, 11) is 3.10. The maximum absolute atomic E-state index is 12.8. The van der Waals surface area contributed by atoms with Gasteiger partial charge in [-0.3, -0.25) is 9.78 Å². The number of rotatable bonds is 4. The number of nitrogens with zero attached hydrogens (tertiary/aromatic N) is 5. The molecule has 1 fully saturated rings. The fourth-order valence-electron chi connectivity index (χ4n) is 4.74. The second-order valence-electron chi connectivity index (χ2n) is 8.57. The zero-order valence-corrected chi connectivity index (χ0v) is 19.3. The van der Waals surface area contributed by atoms with Gasteiger partial charge in [0.25, 0.3) is 5.56 Å².